The molecule has 28 heavy (non-hydrogen) atoms. The largest absolute Gasteiger partial charge is 0.744 e. The zero-order chi connectivity index (χ0) is 21.3. The van der Waals surface area contributed by atoms with Crippen molar-refractivity contribution in [3.63, 3.8) is 0 Å². The Morgan fingerprint density at radius 1 is 0.679 bits per heavy atom. The van der Waals surface area contributed by atoms with E-state index in [1.165, 1.54) is 0 Å². The van der Waals surface area contributed by atoms with Crippen molar-refractivity contribution in [2.24, 2.45) is 0 Å². The molecule has 0 aromatic heterocycles. The lowest BCUT2D eigenvalue weighted by atomic mass is 10.1. The topological polar surface area (TPSA) is 201 Å². The van der Waals surface area contributed by atoms with Gasteiger partial charge in [-0.25, -0.2) is 16.8 Å². The standard InChI is InChI=1S/C14H10N2O10S2/c17-15(18)11-5-3-9(13(7-11)27(21,22)23)1-2-10-4-6-12(16(19)20)8-14(10)28(24,25)26/h1-8H,(H,21,22,23)(H,24,25,26)/p-2/b2-1-. The second-order valence-electron chi connectivity index (χ2n) is 5.20. The van der Waals surface area contributed by atoms with Crippen LogP contribution in [0.15, 0.2) is 46.2 Å². The van der Waals surface area contributed by atoms with Gasteiger partial charge in [0.15, 0.2) is 0 Å². The molecule has 2 aromatic rings. The Morgan fingerprint density at radius 3 is 1.25 bits per heavy atom. The van der Waals surface area contributed by atoms with Gasteiger partial charge in [0.2, 0.25) is 0 Å². The molecule has 0 saturated heterocycles. The predicted octanol–water partition coefficient (Wildman–Crippen LogP) is 1.48. The van der Waals surface area contributed by atoms with Crippen LogP contribution in [-0.4, -0.2) is 35.8 Å². The maximum atomic E-state index is 11.4. The number of rotatable bonds is 6. The second-order valence-corrected chi connectivity index (χ2v) is 7.90. The van der Waals surface area contributed by atoms with Crippen LogP contribution >= 0.6 is 0 Å². The first-order valence-corrected chi connectivity index (χ1v) is 9.79. The van der Waals surface area contributed by atoms with E-state index in [0.717, 1.165) is 36.4 Å². The fourth-order valence-electron chi connectivity index (χ4n) is 2.16. The summed E-state index contributed by atoms with van der Waals surface area (Å²) in [5.74, 6) is 0. The summed E-state index contributed by atoms with van der Waals surface area (Å²) in [6, 6.07) is 4.77. The fourth-order valence-corrected chi connectivity index (χ4v) is 3.54. The van der Waals surface area contributed by atoms with Gasteiger partial charge in [-0.05, 0) is 23.3 Å². The van der Waals surface area contributed by atoms with Gasteiger partial charge in [-0.1, -0.05) is 12.2 Å². The lowest BCUT2D eigenvalue weighted by Crippen LogP contribution is -2.03. The highest BCUT2D eigenvalue weighted by molar-refractivity contribution is 7.86. The quantitative estimate of drug-likeness (QED) is 0.281. The summed E-state index contributed by atoms with van der Waals surface area (Å²) in [6.45, 7) is 0. The van der Waals surface area contributed by atoms with Crippen LogP contribution in [0.1, 0.15) is 11.1 Å². The third-order valence-corrected chi connectivity index (χ3v) is 5.18. The van der Waals surface area contributed by atoms with Crippen molar-refractivity contribution in [1.29, 1.82) is 0 Å². The lowest BCUT2D eigenvalue weighted by Gasteiger charge is -2.12. The van der Waals surface area contributed by atoms with Crippen molar-refractivity contribution in [3.05, 3.63) is 67.8 Å². The first kappa shape index (κ1) is 21.1. The maximum Gasteiger partial charge on any atom is 0.270 e. The summed E-state index contributed by atoms with van der Waals surface area (Å²) in [7, 11) is -10.3. The van der Waals surface area contributed by atoms with Crippen LogP contribution in [0, 0.1) is 20.2 Å². The zero-order valence-electron chi connectivity index (χ0n) is 13.4. The van der Waals surface area contributed by atoms with Crippen molar-refractivity contribution in [1.82, 2.24) is 0 Å². The molecule has 2 aromatic carbocycles. The van der Waals surface area contributed by atoms with E-state index >= 15 is 0 Å². The molecule has 0 aliphatic carbocycles. The molecule has 0 atom stereocenters. The zero-order valence-corrected chi connectivity index (χ0v) is 15.0. The molecule has 0 fully saturated rings. The van der Waals surface area contributed by atoms with Crippen LogP contribution in [0.2, 0.25) is 0 Å². The van der Waals surface area contributed by atoms with E-state index in [9.17, 15) is 46.2 Å². The minimum absolute atomic E-state index is 0.312. The van der Waals surface area contributed by atoms with E-state index in [-0.39, 0.29) is 11.1 Å². The number of non-ortho nitro benzene ring substituents is 2. The number of hydrogen-bond acceptors (Lipinski definition) is 10. The molecule has 14 heteroatoms. The van der Waals surface area contributed by atoms with Gasteiger partial charge < -0.3 is 9.11 Å². The molecule has 0 heterocycles. The van der Waals surface area contributed by atoms with Crippen LogP contribution < -0.4 is 0 Å². The first-order valence-electron chi connectivity index (χ1n) is 6.97. The van der Waals surface area contributed by atoms with Crippen LogP contribution in [0.25, 0.3) is 12.2 Å². The highest BCUT2D eigenvalue weighted by Gasteiger charge is 2.16. The smallest absolute Gasteiger partial charge is 0.270 e. The molecule has 0 aliphatic heterocycles. The highest BCUT2D eigenvalue weighted by atomic mass is 32.2. The number of hydrogen-bond donors (Lipinski definition) is 0. The summed E-state index contributed by atoms with van der Waals surface area (Å²) < 4.78 is 68.1. The van der Waals surface area contributed by atoms with Crippen molar-refractivity contribution in [2.45, 2.75) is 9.79 Å². The van der Waals surface area contributed by atoms with Gasteiger partial charge in [-0.15, -0.1) is 0 Å². The van der Waals surface area contributed by atoms with Crippen molar-refractivity contribution >= 4 is 43.8 Å². The van der Waals surface area contributed by atoms with Crippen LogP contribution in [0.3, 0.4) is 0 Å². The fraction of sp³-hybridized carbons (Fsp3) is 0. The summed E-state index contributed by atoms with van der Waals surface area (Å²) >= 11 is 0. The third kappa shape index (κ3) is 4.74. The molecule has 0 bridgehead atoms. The van der Waals surface area contributed by atoms with E-state index < -0.39 is 51.2 Å². The average molecular weight is 428 g/mol. The molecule has 0 radical (unpaired) electrons. The van der Waals surface area contributed by atoms with Gasteiger partial charge in [-0.2, -0.15) is 0 Å². The molecule has 2 rings (SSSR count). The van der Waals surface area contributed by atoms with Gasteiger partial charge in [0.05, 0.1) is 19.6 Å². The number of benzene rings is 2. The highest BCUT2D eigenvalue weighted by Crippen LogP contribution is 2.27. The van der Waals surface area contributed by atoms with Gasteiger partial charge >= 0.3 is 0 Å². The van der Waals surface area contributed by atoms with Crippen LogP contribution in [0.4, 0.5) is 11.4 Å². The monoisotopic (exact) mass is 428 g/mol. The SMILES string of the molecule is O=[N+]([O-])c1ccc(/C=C\c2ccc([N+](=O)[O-])cc2S(=O)(=O)[O-])c(S(=O)(=O)[O-])c1. The van der Waals surface area contributed by atoms with Crippen molar-refractivity contribution < 1.29 is 35.8 Å². The second kappa shape index (κ2) is 7.43. The van der Waals surface area contributed by atoms with E-state index in [1.807, 2.05) is 0 Å². The Morgan fingerprint density at radius 2 is 1.00 bits per heavy atom. The van der Waals surface area contributed by atoms with E-state index in [4.69, 9.17) is 0 Å². The molecular formula is C14H8N2O10S2-2. The Balaban J connectivity index is 2.64. The molecule has 0 aliphatic rings. The third-order valence-electron chi connectivity index (χ3n) is 3.40. The first-order chi connectivity index (χ1) is 12.8. The minimum Gasteiger partial charge on any atom is -0.744 e. The molecule has 12 nitrogen and oxygen atoms in total. The van der Waals surface area contributed by atoms with E-state index in [0.29, 0.717) is 12.1 Å². The van der Waals surface area contributed by atoms with Gasteiger partial charge in [-0.3, -0.25) is 20.2 Å². The maximum absolute atomic E-state index is 11.4. The molecule has 0 spiro atoms. The number of nitro benzene ring substituents is 2. The van der Waals surface area contributed by atoms with Crippen LogP contribution in [0.5, 0.6) is 0 Å². The van der Waals surface area contributed by atoms with Gasteiger partial charge in [0, 0.05) is 24.3 Å². The summed E-state index contributed by atoms with van der Waals surface area (Å²) in [5, 5.41) is 21.5. The molecule has 0 N–H and O–H groups in total. The van der Waals surface area contributed by atoms with Crippen molar-refractivity contribution in [2.75, 3.05) is 0 Å². The Labute approximate surface area is 157 Å². The molecule has 0 amide bonds. The summed E-state index contributed by atoms with van der Waals surface area (Å²) in [6.07, 6.45) is 1.87. The molecule has 148 valence electrons. The minimum atomic E-state index is -5.13. The Bertz CT molecular complexity index is 1120. The van der Waals surface area contributed by atoms with E-state index in [2.05, 4.69) is 0 Å². The van der Waals surface area contributed by atoms with Crippen molar-refractivity contribution in [3.8, 4) is 0 Å². The Kier molecular flexibility index (Phi) is 5.60. The average Bonchev–Trinajstić information content (AvgIpc) is 2.57. The molecule has 0 unspecified atom stereocenters. The summed E-state index contributed by atoms with van der Waals surface area (Å²) in [4.78, 5) is 17.8. The number of nitro groups is 2. The summed E-state index contributed by atoms with van der Waals surface area (Å²) in [5.41, 5.74) is -1.95. The van der Waals surface area contributed by atoms with Gasteiger partial charge in [0.1, 0.15) is 20.2 Å². The molecule has 0 saturated carbocycles. The normalized spacial score (nSPS) is 12.2. The lowest BCUT2D eigenvalue weighted by molar-refractivity contribution is -0.385. The Hall–Kier alpha value is -3.20. The van der Waals surface area contributed by atoms with E-state index in [1.54, 1.807) is 0 Å². The molecular weight excluding hydrogens is 420 g/mol. The van der Waals surface area contributed by atoms with Crippen LogP contribution in [-0.2, 0) is 20.2 Å². The van der Waals surface area contributed by atoms with Gasteiger partial charge in [0.25, 0.3) is 11.4 Å². The predicted molar refractivity (Wildman–Crippen MR) is 91.0 cm³/mol. The number of nitrogens with zero attached hydrogens (tertiary/aromatic N) is 2.